The van der Waals surface area contributed by atoms with E-state index in [1.165, 1.54) is 0 Å². The van der Waals surface area contributed by atoms with Crippen LogP contribution in [0.2, 0.25) is 5.02 Å². The van der Waals surface area contributed by atoms with E-state index in [4.69, 9.17) is 16.1 Å². The Morgan fingerprint density at radius 2 is 2.17 bits per heavy atom. The number of hydrogen-bond donors (Lipinski definition) is 0. The maximum absolute atomic E-state index is 12.2. The van der Waals surface area contributed by atoms with Crippen LogP contribution < -0.4 is 0 Å². The molecule has 5 heteroatoms. The van der Waals surface area contributed by atoms with Crippen molar-refractivity contribution in [3.8, 4) is 0 Å². The van der Waals surface area contributed by atoms with Crippen molar-refractivity contribution in [2.75, 3.05) is 7.05 Å². The van der Waals surface area contributed by atoms with Crippen molar-refractivity contribution in [2.24, 2.45) is 0 Å². The molecular formula is C13H13ClN2O2. The number of aryl methyl sites for hydroxylation is 1. The minimum atomic E-state index is -0.144. The first-order valence-corrected chi connectivity index (χ1v) is 5.88. The Labute approximate surface area is 110 Å². The number of hydrogen-bond acceptors (Lipinski definition) is 3. The first-order valence-electron chi connectivity index (χ1n) is 5.50. The SMILES string of the molecule is Cc1cc(CN(C)C(=O)c2ccccc2Cl)on1. The van der Waals surface area contributed by atoms with Crippen LogP contribution in [-0.2, 0) is 6.54 Å². The third-order valence-electron chi connectivity index (χ3n) is 2.52. The summed E-state index contributed by atoms with van der Waals surface area (Å²) in [5.41, 5.74) is 1.28. The molecule has 1 aromatic heterocycles. The molecule has 0 aliphatic carbocycles. The van der Waals surface area contributed by atoms with Crippen molar-refractivity contribution in [1.82, 2.24) is 10.1 Å². The number of carbonyl (C=O) groups is 1. The molecule has 94 valence electrons. The summed E-state index contributed by atoms with van der Waals surface area (Å²) in [6, 6.07) is 8.77. The van der Waals surface area contributed by atoms with Gasteiger partial charge in [-0.05, 0) is 19.1 Å². The fraction of sp³-hybridized carbons (Fsp3) is 0.231. The Morgan fingerprint density at radius 1 is 1.44 bits per heavy atom. The standard InChI is InChI=1S/C13H13ClN2O2/c1-9-7-10(18-15-9)8-16(2)13(17)11-5-3-4-6-12(11)14/h3-7H,8H2,1-2H3. The molecule has 0 aliphatic heterocycles. The second-order valence-electron chi connectivity index (χ2n) is 4.08. The number of carbonyl (C=O) groups excluding carboxylic acids is 1. The molecule has 0 saturated heterocycles. The first-order chi connectivity index (χ1) is 8.58. The van der Waals surface area contributed by atoms with Gasteiger partial charge in [-0.2, -0.15) is 0 Å². The molecule has 0 fully saturated rings. The van der Waals surface area contributed by atoms with E-state index in [1.807, 2.05) is 6.92 Å². The summed E-state index contributed by atoms with van der Waals surface area (Å²) in [6.07, 6.45) is 0. The highest BCUT2D eigenvalue weighted by Crippen LogP contribution is 2.17. The third kappa shape index (κ3) is 2.71. The maximum Gasteiger partial charge on any atom is 0.255 e. The molecule has 0 spiro atoms. The zero-order chi connectivity index (χ0) is 13.1. The number of nitrogens with zero attached hydrogens (tertiary/aromatic N) is 2. The molecule has 18 heavy (non-hydrogen) atoms. The summed E-state index contributed by atoms with van der Waals surface area (Å²) in [6.45, 7) is 2.20. The molecule has 0 saturated carbocycles. The van der Waals surface area contributed by atoms with Gasteiger partial charge in [-0.25, -0.2) is 0 Å². The van der Waals surface area contributed by atoms with Crippen LogP contribution in [0.25, 0.3) is 0 Å². The number of rotatable bonds is 3. The van der Waals surface area contributed by atoms with Gasteiger partial charge in [0.2, 0.25) is 0 Å². The summed E-state index contributed by atoms with van der Waals surface area (Å²) < 4.78 is 5.07. The van der Waals surface area contributed by atoms with Crippen LogP contribution in [0.15, 0.2) is 34.9 Å². The summed E-state index contributed by atoms with van der Waals surface area (Å²) in [5.74, 6) is 0.505. The zero-order valence-electron chi connectivity index (χ0n) is 10.2. The second-order valence-corrected chi connectivity index (χ2v) is 4.48. The molecule has 4 nitrogen and oxygen atoms in total. The van der Waals surface area contributed by atoms with E-state index in [1.54, 1.807) is 42.3 Å². The Kier molecular flexibility index (Phi) is 3.67. The van der Waals surface area contributed by atoms with Gasteiger partial charge in [-0.15, -0.1) is 0 Å². The van der Waals surface area contributed by atoms with Crippen molar-refractivity contribution in [2.45, 2.75) is 13.5 Å². The van der Waals surface area contributed by atoms with Gasteiger partial charge in [0.1, 0.15) is 0 Å². The molecular weight excluding hydrogens is 252 g/mol. The van der Waals surface area contributed by atoms with Crippen molar-refractivity contribution >= 4 is 17.5 Å². The van der Waals surface area contributed by atoms with Crippen LogP contribution in [-0.4, -0.2) is 23.0 Å². The fourth-order valence-electron chi connectivity index (χ4n) is 1.64. The number of benzene rings is 1. The predicted octanol–water partition coefficient (Wildman–Crippen LogP) is 2.91. The smallest absolute Gasteiger partial charge is 0.255 e. The van der Waals surface area contributed by atoms with Crippen molar-refractivity contribution in [3.05, 3.63) is 52.4 Å². The number of aromatic nitrogens is 1. The van der Waals surface area contributed by atoms with E-state index in [-0.39, 0.29) is 5.91 Å². The largest absolute Gasteiger partial charge is 0.359 e. The van der Waals surface area contributed by atoms with E-state index >= 15 is 0 Å². The van der Waals surface area contributed by atoms with Crippen LogP contribution in [0.3, 0.4) is 0 Å². The first kappa shape index (κ1) is 12.6. The lowest BCUT2D eigenvalue weighted by molar-refractivity contribution is 0.0772. The van der Waals surface area contributed by atoms with E-state index in [0.717, 1.165) is 5.69 Å². The molecule has 2 rings (SSSR count). The minimum Gasteiger partial charge on any atom is -0.359 e. The summed E-state index contributed by atoms with van der Waals surface area (Å²) in [5, 5.41) is 4.23. The van der Waals surface area contributed by atoms with E-state index in [0.29, 0.717) is 22.9 Å². The molecule has 1 amide bonds. The fourth-order valence-corrected chi connectivity index (χ4v) is 1.85. The lowest BCUT2D eigenvalue weighted by atomic mass is 10.2. The summed E-state index contributed by atoms with van der Waals surface area (Å²) in [7, 11) is 1.70. The average Bonchev–Trinajstić information content (AvgIpc) is 2.74. The van der Waals surface area contributed by atoms with Gasteiger partial charge >= 0.3 is 0 Å². The molecule has 1 heterocycles. The maximum atomic E-state index is 12.2. The molecule has 1 aromatic carbocycles. The second kappa shape index (κ2) is 5.23. The quantitative estimate of drug-likeness (QED) is 0.856. The molecule has 0 N–H and O–H groups in total. The van der Waals surface area contributed by atoms with Gasteiger partial charge < -0.3 is 9.42 Å². The highest BCUT2D eigenvalue weighted by molar-refractivity contribution is 6.33. The predicted molar refractivity (Wildman–Crippen MR) is 68.5 cm³/mol. The zero-order valence-corrected chi connectivity index (χ0v) is 10.9. The van der Waals surface area contributed by atoms with Crippen molar-refractivity contribution in [1.29, 1.82) is 0 Å². The van der Waals surface area contributed by atoms with Gasteiger partial charge in [-0.1, -0.05) is 28.9 Å². The number of amides is 1. The topological polar surface area (TPSA) is 46.3 Å². The van der Waals surface area contributed by atoms with Crippen LogP contribution in [0.5, 0.6) is 0 Å². The highest BCUT2D eigenvalue weighted by Gasteiger charge is 2.16. The van der Waals surface area contributed by atoms with E-state index < -0.39 is 0 Å². The van der Waals surface area contributed by atoms with Crippen LogP contribution in [0, 0.1) is 6.92 Å². The monoisotopic (exact) mass is 264 g/mol. The van der Waals surface area contributed by atoms with E-state index in [2.05, 4.69) is 5.16 Å². The lowest BCUT2D eigenvalue weighted by Gasteiger charge is -2.15. The lowest BCUT2D eigenvalue weighted by Crippen LogP contribution is -2.26. The van der Waals surface area contributed by atoms with Gasteiger partial charge in [-0.3, -0.25) is 4.79 Å². The normalized spacial score (nSPS) is 10.4. The number of halogens is 1. The van der Waals surface area contributed by atoms with Gasteiger partial charge in [0.05, 0.1) is 22.8 Å². The molecule has 0 unspecified atom stereocenters. The Bertz CT molecular complexity index is 566. The summed E-state index contributed by atoms with van der Waals surface area (Å²) >= 11 is 5.99. The molecule has 0 atom stereocenters. The molecule has 0 aliphatic rings. The molecule has 0 radical (unpaired) electrons. The Hall–Kier alpha value is -1.81. The molecule has 0 bridgehead atoms. The van der Waals surface area contributed by atoms with Crippen LogP contribution in [0.1, 0.15) is 21.8 Å². The average molecular weight is 265 g/mol. The van der Waals surface area contributed by atoms with Crippen molar-refractivity contribution in [3.63, 3.8) is 0 Å². The van der Waals surface area contributed by atoms with Gasteiger partial charge in [0.15, 0.2) is 5.76 Å². The van der Waals surface area contributed by atoms with Crippen LogP contribution in [0.4, 0.5) is 0 Å². The molecule has 2 aromatic rings. The Morgan fingerprint density at radius 3 is 2.78 bits per heavy atom. The van der Waals surface area contributed by atoms with Crippen LogP contribution >= 0.6 is 11.6 Å². The summed E-state index contributed by atoms with van der Waals surface area (Å²) in [4.78, 5) is 13.7. The van der Waals surface area contributed by atoms with Gasteiger partial charge in [0, 0.05) is 13.1 Å². The van der Waals surface area contributed by atoms with E-state index in [9.17, 15) is 4.79 Å². The minimum absolute atomic E-state index is 0.144. The van der Waals surface area contributed by atoms with Crippen molar-refractivity contribution < 1.29 is 9.32 Å². The third-order valence-corrected chi connectivity index (χ3v) is 2.85. The van der Waals surface area contributed by atoms with Gasteiger partial charge in [0.25, 0.3) is 5.91 Å². The highest BCUT2D eigenvalue weighted by atomic mass is 35.5. The Balaban J connectivity index is 2.12.